The second-order valence-electron chi connectivity index (χ2n) is 8.19. The van der Waals surface area contributed by atoms with Crippen molar-refractivity contribution in [1.82, 2.24) is 0 Å². The van der Waals surface area contributed by atoms with Crippen LogP contribution in [0.5, 0.6) is 0 Å². The van der Waals surface area contributed by atoms with Crippen LogP contribution >= 0.6 is 0 Å². The molecule has 1 heterocycles. The summed E-state index contributed by atoms with van der Waals surface area (Å²) in [7, 11) is 0. The summed E-state index contributed by atoms with van der Waals surface area (Å²) in [5, 5.41) is 0. The number of allylic oxidation sites excluding steroid dienone is 1. The van der Waals surface area contributed by atoms with Gasteiger partial charge in [-0.3, -0.25) is 0 Å². The molecule has 0 aliphatic heterocycles. The first-order valence-electron chi connectivity index (χ1n) is 11.0. The molecule has 0 radical (unpaired) electrons. The molecule has 5 aromatic rings. The van der Waals surface area contributed by atoms with Gasteiger partial charge >= 0.3 is 0 Å². The molecular weight excluding hydrogens is 388 g/mol. The average molecular weight is 411 g/mol. The lowest BCUT2D eigenvalue weighted by Crippen LogP contribution is -1.91. The Balaban J connectivity index is 1.33. The van der Waals surface area contributed by atoms with Crippen molar-refractivity contribution < 1.29 is 4.42 Å². The molecule has 0 fully saturated rings. The Morgan fingerprint density at radius 1 is 0.500 bits per heavy atom. The molecule has 0 bridgehead atoms. The Morgan fingerprint density at radius 2 is 1.12 bits per heavy atom. The lowest BCUT2D eigenvalue weighted by atomic mass is 9.94. The van der Waals surface area contributed by atoms with E-state index in [4.69, 9.17) is 4.42 Å². The smallest absolute Gasteiger partial charge is 0.137 e. The Hall–Kier alpha value is -4.10. The second kappa shape index (κ2) is 7.86. The molecule has 4 aromatic carbocycles. The van der Waals surface area contributed by atoms with Crippen molar-refractivity contribution in [3.8, 4) is 33.4 Å². The molecule has 1 aliphatic rings. The molecule has 152 valence electrons. The molecule has 0 spiro atoms. The molecule has 1 aromatic heterocycles. The van der Waals surface area contributed by atoms with E-state index in [1.54, 1.807) is 6.26 Å². The first kappa shape index (κ1) is 18.7. The van der Waals surface area contributed by atoms with Crippen LogP contribution < -0.4 is 0 Å². The van der Waals surface area contributed by atoms with Crippen molar-refractivity contribution in [1.29, 1.82) is 0 Å². The van der Waals surface area contributed by atoms with E-state index in [1.165, 1.54) is 44.5 Å². The standard InChI is InChI=1S/C31H22O/c1-3-8-22(9-4-1)23-14-16-25(17-15-23)28-13-7-12-26-20-27(21-30(26)28)31-29(18-19-32-31)24-10-5-2-6-11-24/h1-20H,21H2. The van der Waals surface area contributed by atoms with Gasteiger partial charge in [-0.05, 0) is 51.1 Å². The van der Waals surface area contributed by atoms with Crippen LogP contribution in [-0.2, 0) is 6.42 Å². The summed E-state index contributed by atoms with van der Waals surface area (Å²) in [5.74, 6) is 0.970. The fraction of sp³-hybridized carbons (Fsp3) is 0.0323. The predicted octanol–water partition coefficient (Wildman–Crippen LogP) is 8.38. The molecule has 1 aliphatic carbocycles. The summed E-state index contributed by atoms with van der Waals surface area (Å²) in [5.41, 5.74) is 11.2. The highest BCUT2D eigenvalue weighted by Crippen LogP contribution is 2.41. The van der Waals surface area contributed by atoms with Gasteiger partial charge in [0.1, 0.15) is 5.76 Å². The minimum absolute atomic E-state index is 0.874. The zero-order valence-electron chi connectivity index (χ0n) is 17.7. The lowest BCUT2D eigenvalue weighted by Gasteiger charge is -2.10. The van der Waals surface area contributed by atoms with Gasteiger partial charge in [0, 0.05) is 17.6 Å². The topological polar surface area (TPSA) is 13.1 Å². The number of fused-ring (bicyclic) bond motifs is 1. The number of hydrogen-bond donors (Lipinski definition) is 0. The molecular formula is C31H22O. The van der Waals surface area contributed by atoms with E-state index in [9.17, 15) is 0 Å². The minimum Gasteiger partial charge on any atom is -0.464 e. The molecule has 0 atom stereocenters. The summed E-state index contributed by atoms with van der Waals surface area (Å²) in [6, 6.07) is 38.5. The maximum atomic E-state index is 5.98. The van der Waals surface area contributed by atoms with Gasteiger partial charge < -0.3 is 4.42 Å². The van der Waals surface area contributed by atoms with Crippen LogP contribution in [0.25, 0.3) is 45.0 Å². The summed E-state index contributed by atoms with van der Waals surface area (Å²) in [6.07, 6.45) is 4.95. The van der Waals surface area contributed by atoms with Crippen LogP contribution in [0.2, 0.25) is 0 Å². The normalized spacial score (nSPS) is 12.4. The van der Waals surface area contributed by atoms with Crippen molar-refractivity contribution in [2.45, 2.75) is 6.42 Å². The monoisotopic (exact) mass is 410 g/mol. The summed E-state index contributed by atoms with van der Waals surface area (Å²) in [4.78, 5) is 0. The molecule has 0 N–H and O–H groups in total. The maximum Gasteiger partial charge on any atom is 0.137 e. The first-order chi connectivity index (χ1) is 15.9. The van der Waals surface area contributed by atoms with Crippen LogP contribution in [0.4, 0.5) is 0 Å². The predicted molar refractivity (Wildman–Crippen MR) is 133 cm³/mol. The van der Waals surface area contributed by atoms with Gasteiger partial charge in [0.2, 0.25) is 0 Å². The van der Waals surface area contributed by atoms with Gasteiger partial charge in [-0.15, -0.1) is 0 Å². The largest absolute Gasteiger partial charge is 0.464 e. The SMILES string of the molecule is C1=C(c2occc2-c2ccccc2)Cc2c1cccc2-c1ccc(-c2ccccc2)cc1. The Morgan fingerprint density at radius 3 is 1.88 bits per heavy atom. The summed E-state index contributed by atoms with van der Waals surface area (Å²) in [6.45, 7) is 0. The minimum atomic E-state index is 0.874. The third-order valence-corrected chi connectivity index (χ3v) is 6.25. The number of rotatable bonds is 4. The summed E-state index contributed by atoms with van der Waals surface area (Å²) >= 11 is 0. The third-order valence-electron chi connectivity index (χ3n) is 6.25. The Kier molecular flexibility index (Phi) is 4.58. The van der Waals surface area contributed by atoms with Gasteiger partial charge in [0.05, 0.1) is 6.26 Å². The van der Waals surface area contributed by atoms with Crippen molar-refractivity contribution in [3.63, 3.8) is 0 Å². The van der Waals surface area contributed by atoms with Gasteiger partial charge in [-0.25, -0.2) is 0 Å². The first-order valence-corrected chi connectivity index (χ1v) is 11.0. The quantitative estimate of drug-likeness (QED) is 0.290. The van der Waals surface area contributed by atoms with Crippen LogP contribution in [-0.4, -0.2) is 0 Å². The number of benzene rings is 4. The zero-order valence-corrected chi connectivity index (χ0v) is 17.7. The van der Waals surface area contributed by atoms with Gasteiger partial charge in [0.25, 0.3) is 0 Å². The molecule has 0 unspecified atom stereocenters. The molecule has 6 rings (SSSR count). The van der Waals surface area contributed by atoms with Crippen LogP contribution in [0.3, 0.4) is 0 Å². The van der Waals surface area contributed by atoms with Crippen molar-refractivity contribution in [2.24, 2.45) is 0 Å². The van der Waals surface area contributed by atoms with E-state index in [0.717, 1.165) is 17.7 Å². The van der Waals surface area contributed by atoms with Crippen molar-refractivity contribution >= 4 is 11.6 Å². The molecule has 0 saturated carbocycles. The highest BCUT2D eigenvalue weighted by Gasteiger charge is 2.22. The van der Waals surface area contributed by atoms with Gasteiger partial charge in [-0.1, -0.05) is 103 Å². The van der Waals surface area contributed by atoms with Crippen LogP contribution in [0.15, 0.2) is 120 Å². The fourth-order valence-corrected chi connectivity index (χ4v) is 4.66. The summed E-state index contributed by atoms with van der Waals surface area (Å²) < 4.78 is 5.98. The average Bonchev–Trinajstić information content (AvgIpc) is 3.52. The van der Waals surface area contributed by atoms with Crippen LogP contribution in [0.1, 0.15) is 16.9 Å². The van der Waals surface area contributed by atoms with Crippen molar-refractivity contribution in [2.75, 3.05) is 0 Å². The van der Waals surface area contributed by atoms with E-state index in [2.05, 4.69) is 109 Å². The molecule has 0 saturated heterocycles. The highest BCUT2D eigenvalue weighted by atomic mass is 16.3. The Bertz CT molecular complexity index is 1400. The molecule has 1 heteroatoms. The second-order valence-corrected chi connectivity index (χ2v) is 8.19. The number of furan rings is 1. The Labute approximate surface area is 188 Å². The van der Waals surface area contributed by atoms with E-state index >= 15 is 0 Å². The van der Waals surface area contributed by atoms with Crippen LogP contribution in [0, 0.1) is 0 Å². The van der Waals surface area contributed by atoms with E-state index in [0.29, 0.717) is 0 Å². The molecule has 1 nitrogen and oxygen atoms in total. The maximum absolute atomic E-state index is 5.98. The zero-order chi connectivity index (χ0) is 21.3. The number of hydrogen-bond acceptors (Lipinski definition) is 1. The van der Waals surface area contributed by atoms with Crippen molar-refractivity contribution in [3.05, 3.63) is 132 Å². The van der Waals surface area contributed by atoms with Gasteiger partial charge in [0.15, 0.2) is 0 Å². The van der Waals surface area contributed by atoms with E-state index < -0.39 is 0 Å². The van der Waals surface area contributed by atoms with Gasteiger partial charge in [-0.2, -0.15) is 0 Å². The van der Waals surface area contributed by atoms with E-state index in [1.807, 2.05) is 6.07 Å². The third kappa shape index (κ3) is 3.29. The lowest BCUT2D eigenvalue weighted by molar-refractivity contribution is 0.553. The highest BCUT2D eigenvalue weighted by molar-refractivity contribution is 5.94. The fourth-order valence-electron chi connectivity index (χ4n) is 4.66. The van der Waals surface area contributed by atoms with E-state index in [-0.39, 0.29) is 0 Å². The molecule has 32 heavy (non-hydrogen) atoms. The molecule has 0 amide bonds.